The quantitative estimate of drug-likeness (QED) is 0.886. The van der Waals surface area contributed by atoms with Crippen molar-refractivity contribution in [1.82, 2.24) is 9.78 Å². The van der Waals surface area contributed by atoms with Gasteiger partial charge in [0.2, 0.25) is 5.91 Å². The van der Waals surface area contributed by atoms with Gasteiger partial charge in [0.1, 0.15) is 5.82 Å². The standard InChI is InChI=1S/C16H18FN3O3/c1-9-12(10(2)20(3)19-9)5-7-15(21)18-14-6-4-11(16(22)23)8-13(14)17/h4,6,8H,5,7H2,1-3H3,(H,18,21)(H,22,23). The highest BCUT2D eigenvalue weighted by Crippen LogP contribution is 2.18. The van der Waals surface area contributed by atoms with Crippen LogP contribution >= 0.6 is 0 Å². The molecule has 0 aliphatic carbocycles. The van der Waals surface area contributed by atoms with Crippen LogP contribution in [0.4, 0.5) is 10.1 Å². The van der Waals surface area contributed by atoms with Crippen LogP contribution in [0.3, 0.4) is 0 Å². The van der Waals surface area contributed by atoms with Gasteiger partial charge in [-0.15, -0.1) is 0 Å². The van der Waals surface area contributed by atoms with Crippen LogP contribution in [0, 0.1) is 19.7 Å². The summed E-state index contributed by atoms with van der Waals surface area (Å²) in [7, 11) is 1.84. The van der Waals surface area contributed by atoms with Gasteiger partial charge in [-0.2, -0.15) is 5.10 Å². The molecule has 0 radical (unpaired) electrons. The molecule has 0 saturated heterocycles. The van der Waals surface area contributed by atoms with Gasteiger partial charge in [0, 0.05) is 19.2 Å². The van der Waals surface area contributed by atoms with E-state index in [2.05, 4.69) is 10.4 Å². The molecule has 6 nitrogen and oxygen atoms in total. The minimum absolute atomic E-state index is 0.0281. The molecule has 0 spiro atoms. The summed E-state index contributed by atoms with van der Waals surface area (Å²) in [6.07, 6.45) is 0.694. The Morgan fingerprint density at radius 1 is 1.35 bits per heavy atom. The van der Waals surface area contributed by atoms with Crippen LogP contribution in [0.1, 0.15) is 33.7 Å². The number of aromatic carboxylic acids is 1. The van der Waals surface area contributed by atoms with Gasteiger partial charge < -0.3 is 10.4 Å². The van der Waals surface area contributed by atoms with Crippen LogP contribution in [-0.4, -0.2) is 26.8 Å². The summed E-state index contributed by atoms with van der Waals surface area (Å²) in [4.78, 5) is 22.7. The number of carboxylic acids is 1. The van der Waals surface area contributed by atoms with Crippen LogP contribution in [-0.2, 0) is 18.3 Å². The number of rotatable bonds is 5. The molecule has 2 N–H and O–H groups in total. The molecule has 0 unspecified atom stereocenters. The van der Waals surface area contributed by atoms with E-state index in [-0.39, 0.29) is 23.6 Å². The van der Waals surface area contributed by atoms with Crippen molar-refractivity contribution < 1.29 is 19.1 Å². The molecule has 0 saturated carbocycles. The van der Waals surface area contributed by atoms with E-state index in [1.54, 1.807) is 4.68 Å². The molecule has 1 amide bonds. The Hall–Kier alpha value is -2.70. The molecule has 1 heterocycles. The van der Waals surface area contributed by atoms with E-state index < -0.39 is 11.8 Å². The Labute approximate surface area is 132 Å². The lowest BCUT2D eigenvalue weighted by Crippen LogP contribution is -2.14. The highest BCUT2D eigenvalue weighted by atomic mass is 19.1. The maximum Gasteiger partial charge on any atom is 0.335 e. The topological polar surface area (TPSA) is 84.2 Å². The highest BCUT2D eigenvalue weighted by Gasteiger charge is 2.13. The number of carbonyl (C=O) groups excluding carboxylic acids is 1. The molecule has 0 aliphatic heterocycles. The normalized spacial score (nSPS) is 10.6. The van der Waals surface area contributed by atoms with Gasteiger partial charge in [0.05, 0.1) is 16.9 Å². The third-order valence-electron chi connectivity index (χ3n) is 3.75. The fourth-order valence-corrected chi connectivity index (χ4v) is 2.38. The number of benzene rings is 1. The predicted octanol–water partition coefficient (Wildman–Crippen LogP) is 2.45. The highest BCUT2D eigenvalue weighted by molar-refractivity contribution is 5.92. The molecule has 0 atom stereocenters. The van der Waals surface area contributed by atoms with Crippen molar-refractivity contribution in [2.24, 2.45) is 7.05 Å². The van der Waals surface area contributed by atoms with Crippen LogP contribution in [0.5, 0.6) is 0 Å². The summed E-state index contributed by atoms with van der Waals surface area (Å²) in [6.45, 7) is 3.81. The minimum Gasteiger partial charge on any atom is -0.478 e. The summed E-state index contributed by atoms with van der Waals surface area (Å²) >= 11 is 0. The Kier molecular flexibility index (Phi) is 4.78. The van der Waals surface area contributed by atoms with Crippen LogP contribution in [0.25, 0.3) is 0 Å². The van der Waals surface area contributed by atoms with Gasteiger partial charge in [-0.1, -0.05) is 0 Å². The molecule has 1 aromatic heterocycles. The predicted molar refractivity (Wildman–Crippen MR) is 83.0 cm³/mol. The van der Waals surface area contributed by atoms with Gasteiger partial charge in [-0.25, -0.2) is 9.18 Å². The molecule has 122 valence electrons. The lowest BCUT2D eigenvalue weighted by Gasteiger charge is -2.07. The molecule has 7 heteroatoms. The Balaban J connectivity index is 2.01. The average Bonchev–Trinajstić information content (AvgIpc) is 2.72. The third-order valence-corrected chi connectivity index (χ3v) is 3.75. The Bertz CT molecular complexity index is 768. The first-order chi connectivity index (χ1) is 10.8. The number of nitrogens with one attached hydrogen (secondary N) is 1. The molecular weight excluding hydrogens is 301 g/mol. The average molecular weight is 319 g/mol. The SMILES string of the molecule is Cc1nn(C)c(C)c1CCC(=O)Nc1ccc(C(=O)O)cc1F. The first-order valence-corrected chi connectivity index (χ1v) is 7.11. The van der Waals surface area contributed by atoms with Crippen LogP contribution in [0.2, 0.25) is 0 Å². The van der Waals surface area contributed by atoms with Gasteiger partial charge in [0.25, 0.3) is 0 Å². The maximum absolute atomic E-state index is 13.8. The second-order valence-electron chi connectivity index (χ2n) is 5.32. The van der Waals surface area contributed by atoms with Crippen molar-refractivity contribution in [2.75, 3.05) is 5.32 Å². The fraction of sp³-hybridized carbons (Fsp3) is 0.312. The van der Waals surface area contributed by atoms with E-state index in [0.717, 1.165) is 23.0 Å². The molecule has 1 aromatic carbocycles. The molecule has 2 aromatic rings. The van der Waals surface area contributed by atoms with E-state index in [1.807, 2.05) is 20.9 Å². The number of aryl methyl sites for hydroxylation is 2. The lowest BCUT2D eigenvalue weighted by molar-refractivity contribution is -0.116. The second-order valence-corrected chi connectivity index (χ2v) is 5.32. The summed E-state index contributed by atoms with van der Waals surface area (Å²) in [5.41, 5.74) is 2.67. The van der Waals surface area contributed by atoms with Gasteiger partial charge >= 0.3 is 5.97 Å². The van der Waals surface area contributed by atoms with Gasteiger partial charge in [-0.05, 0) is 44.0 Å². The fourth-order valence-electron chi connectivity index (χ4n) is 2.38. The van der Waals surface area contributed by atoms with Crippen molar-refractivity contribution in [2.45, 2.75) is 26.7 Å². The zero-order valence-corrected chi connectivity index (χ0v) is 13.2. The summed E-state index contributed by atoms with van der Waals surface area (Å²) in [6, 6.07) is 3.38. The first kappa shape index (κ1) is 16.7. The Morgan fingerprint density at radius 2 is 2.04 bits per heavy atom. The van der Waals surface area contributed by atoms with Crippen molar-refractivity contribution in [1.29, 1.82) is 0 Å². The van der Waals surface area contributed by atoms with Crippen molar-refractivity contribution in [3.8, 4) is 0 Å². The largest absolute Gasteiger partial charge is 0.478 e. The number of aromatic nitrogens is 2. The number of halogens is 1. The molecule has 0 fully saturated rings. The molecule has 23 heavy (non-hydrogen) atoms. The van der Waals surface area contributed by atoms with E-state index >= 15 is 0 Å². The number of carbonyl (C=O) groups is 2. The zero-order chi connectivity index (χ0) is 17.1. The summed E-state index contributed by atoms with van der Waals surface area (Å²) in [5.74, 6) is -2.33. The molecule has 0 aliphatic rings. The third kappa shape index (κ3) is 3.74. The smallest absolute Gasteiger partial charge is 0.335 e. The Morgan fingerprint density at radius 3 is 2.57 bits per heavy atom. The number of hydrogen-bond donors (Lipinski definition) is 2. The number of anilines is 1. The summed E-state index contributed by atoms with van der Waals surface area (Å²) in [5, 5.41) is 15.5. The molecule has 0 bridgehead atoms. The van der Waals surface area contributed by atoms with E-state index in [9.17, 15) is 14.0 Å². The first-order valence-electron chi connectivity index (χ1n) is 7.11. The van der Waals surface area contributed by atoms with Crippen molar-refractivity contribution in [3.63, 3.8) is 0 Å². The maximum atomic E-state index is 13.8. The van der Waals surface area contributed by atoms with Crippen LogP contribution in [0.15, 0.2) is 18.2 Å². The molecule has 2 rings (SSSR count). The van der Waals surface area contributed by atoms with E-state index in [4.69, 9.17) is 5.11 Å². The zero-order valence-electron chi connectivity index (χ0n) is 13.2. The second kappa shape index (κ2) is 6.60. The lowest BCUT2D eigenvalue weighted by atomic mass is 10.1. The monoisotopic (exact) mass is 319 g/mol. The van der Waals surface area contributed by atoms with Crippen LogP contribution < -0.4 is 5.32 Å². The number of nitrogens with zero attached hydrogens (tertiary/aromatic N) is 2. The van der Waals surface area contributed by atoms with Crippen molar-refractivity contribution >= 4 is 17.6 Å². The van der Waals surface area contributed by atoms with E-state index in [1.165, 1.54) is 12.1 Å². The van der Waals surface area contributed by atoms with E-state index in [0.29, 0.717) is 6.42 Å². The summed E-state index contributed by atoms with van der Waals surface area (Å²) < 4.78 is 15.5. The van der Waals surface area contributed by atoms with Crippen molar-refractivity contribution in [3.05, 3.63) is 46.5 Å². The number of amides is 1. The molecular formula is C16H18FN3O3. The van der Waals surface area contributed by atoms with Gasteiger partial charge in [-0.3, -0.25) is 9.48 Å². The minimum atomic E-state index is -1.22. The number of hydrogen-bond acceptors (Lipinski definition) is 3. The van der Waals surface area contributed by atoms with Gasteiger partial charge in [0.15, 0.2) is 0 Å². The number of carboxylic acid groups (broad SMARTS) is 1.